The zero-order valence-corrected chi connectivity index (χ0v) is 25.6. The number of unbranched alkanes of at least 4 members (excludes halogenated alkanes) is 1. The van der Waals surface area contributed by atoms with Gasteiger partial charge < -0.3 is 28.8 Å². The Bertz CT molecular complexity index is 1510. The van der Waals surface area contributed by atoms with Crippen molar-refractivity contribution in [2.75, 3.05) is 27.4 Å². The van der Waals surface area contributed by atoms with E-state index in [0.29, 0.717) is 12.5 Å². The highest BCUT2D eigenvalue weighted by Crippen LogP contribution is 2.42. The molecule has 1 N–H and O–H groups in total. The first-order valence-electron chi connectivity index (χ1n) is 14.9. The van der Waals surface area contributed by atoms with Gasteiger partial charge in [0.2, 0.25) is 5.88 Å². The minimum Gasteiger partial charge on any atom is -0.497 e. The van der Waals surface area contributed by atoms with E-state index in [4.69, 9.17) is 23.7 Å². The predicted molar refractivity (Wildman–Crippen MR) is 166 cm³/mol. The normalized spacial score (nSPS) is 18.2. The largest absolute Gasteiger partial charge is 0.497 e. The van der Waals surface area contributed by atoms with Crippen LogP contribution in [0, 0.1) is 6.92 Å². The van der Waals surface area contributed by atoms with Gasteiger partial charge in [0.05, 0.1) is 33.5 Å². The summed E-state index contributed by atoms with van der Waals surface area (Å²) in [5.74, 6) is 1.77. The van der Waals surface area contributed by atoms with Crippen LogP contribution in [0.25, 0.3) is 0 Å². The minimum atomic E-state index is -1.06. The first kappa shape index (κ1) is 31.3. The standard InChI is InChI=1S/C35H40N2O7/c1-5-6-20-42-33-24(2)22-37(34(39)36-33)32-21-30(38)31(44-32)23-43-35(25-10-8-7-9-11-25,26-12-16-28(40-3)17-13-26)27-14-18-29(41-4)19-15-27/h7-19,22,30-32,38H,5-6,20-21,23H2,1-4H3/t30-,31+,32+/m0/s1. The van der Waals surface area contributed by atoms with Crippen molar-refractivity contribution in [3.63, 3.8) is 0 Å². The summed E-state index contributed by atoms with van der Waals surface area (Å²) in [6, 6.07) is 25.4. The summed E-state index contributed by atoms with van der Waals surface area (Å²) >= 11 is 0. The molecule has 1 aliphatic heterocycles. The number of ether oxygens (including phenoxy) is 5. The maximum absolute atomic E-state index is 13.0. The van der Waals surface area contributed by atoms with Gasteiger partial charge in [0, 0.05) is 18.2 Å². The molecule has 4 aromatic rings. The van der Waals surface area contributed by atoms with Crippen LogP contribution in [0.4, 0.5) is 0 Å². The van der Waals surface area contributed by atoms with Crippen molar-refractivity contribution in [1.29, 1.82) is 0 Å². The maximum atomic E-state index is 13.0. The molecule has 0 unspecified atom stereocenters. The summed E-state index contributed by atoms with van der Waals surface area (Å²) < 4.78 is 31.2. The SMILES string of the molecule is CCCCOc1nc(=O)n([C@H]2C[C@H](O)[C@@H](COC(c3ccccc3)(c3ccc(OC)cc3)c3ccc(OC)cc3)O2)cc1C. The first-order chi connectivity index (χ1) is 21.4. The molecule has 3 aromatic carbocycles. The average Bonchev–Trinajstić information content (AvgIpc) is 3.43. The van der Waals surface area contributed by atoms with Crippen molar-refractivity contribution in [2.24, 2.45) is 0 Å². The molecule has 3 atom stereocenters. The second kappa shape index (κ2) is 14.1. The molecule has 5 rings (SSSR count). The van der Waals surface area contributed by atoms with Crippen molar-refractivity contribution in [3.05, 3.63) is 118 Å². The van der Waals surface area contributed by atoms with Crippen LogP contribution >= 0.6 is 0 Å². The Kier molecular flexibility index (Phi) is 9.99. The Morgan fingerprint density at radius 1 is 0.932 bits per heavy atom. The molecule has 2 heterocycles. The summed E-state index contributed by atoms with van der Waals surface area (Å²) in [5.41, 5.74) is 1.81. The lowest BCUT2D eigenvalue weighted by molar-refractivity contribution is -0.0944. The lowest BCUT2D eigenvalue weighted by atomic mass is 9.80. The lowest BCUT2D eigenvalue weighted by Gasteiger charge is -2.37. The molecule has 0 saturated carbocycles. The van der Waals surface area contributed by atoms with E-state index in [-0.39, 0.29) is 13.0 Å². The van der Waals surface area contributed by atoms with E-state index in [1.807, 2.05) is 85.8 Å². The van der Waals surface area contributed by atoms with Gasteiger partial charge in [-0.3, -0.25) is 4.57 Å². The maximum Gasteiger partial charge on any atom is 0.352 e. The second-order valence-electron chi connectivity index (χ2n) is 10.9. The highest BCUT2D eigenvalue weighted by atomic mass is 16.6. The number of rotatable bonds is 13. The molecular formula is C35H40N2O7. The summed E-state index contributed by atoms with van der Waals surface area (Å²) in [7, 11) is 3.26. The molecule has 1 saturated heterocycles. The fourth-order valence-corrected chi connectivity index (χ4v) is 5.53. The molecule has 1 aliphatic rings. The predicted octanol–water partition coefficient (Wildman–Crippen LogP) is 5.40. The van der Waals surface area contributed by atoms with Gasteiger partial charge >= 0.3 is 5.69 Å². The van der Waals surface area contributed by atoms with Gasteiger partial charge in [-0.25, -0.2) is 4.79 Å². The fourth-order valence-electron chi connectivity index (χ4n) is 5.53. The molecule has 0 radical (unpaired) electrons. The third-order valence-electron chi connectivity index (χ3n) is 7.98. The van der Waals surface area contributed by atoms with Crippen LogP contribution in [0.5, 0.6) is 17.4 Å². The highest BCUT2D eigenvalue weighted by molar-refractivity contribution is 5.49. The molecule has 0 bridgehead atoms. The fraction of sp³-hybridized carbons (Fsp3) is 0.371. The van der Waals surface area contributed by atoms with E-state index in [1.165, 1.54) is 4.57 Å². The molecule has 232 valence electrons. The molecule has 0 spiro atoms. The van der Waals surface area contributed by atoms with Crippen molar-refractivity contribution in [2.45, 2.75) is 57.1 Å². The molecule has 9 heteroatoms. The van der Waals surface area contributed by atoms with Gasteiger partial charge in [-0.05, 0) is 54.3 Å². The third-order valence-corrected chi connectivity index (χ3v) is 7.98. The molecule has 0 aliphatic carbocycles. The van der Waals surface area contributed by atoms with Gasteiger partial charge in [0.1, 0.15) is 29.4 Å². The zero-order chi connectivity index (χ0) is 31.1. The van der Waals surface area contributed by atoms with Crippen LogP contribution in [0.15, 0.2) is 89.9 Å². The van der Waals surface area contributed by atoms with Crippen molar-refractivity contribution in [1.82, 2.24) is 9.55 Å². The van der Waals surface area contributed by atoms with Crippen molar-refractivity contribution < 1.29 is 28.8 Å². The summed E-state index contributed by atoms with van der Waals surface area (Å²) in [6.45, 7) is 4.46. The minimum absolute atomic E-state index is 0.0456. The van der Waals surface area contributed by atoms with Gasteiger partial charge in [-0.15, -0.1) is 0 Å². The quantitative estimate of drug-likeness (QED) is 0.161. The van der Waals surface area contributed by atoms with E-state index in [0.717, 1.165) is 46.6 Å². The van der Waals surface area contributed by atoms with Gasteiger partial charge in [0.25, 0.3) is 0 Å². The number of aliphatic hydroxyl groups is 1. The molecule has 9 nitrogen and oxygen atoms in total. The number of benzene rings is 3. The van der Waals surface area contributed by atoms with Gasteiger partial charge in [-0.1, -0.05) is 67.9 Å². The lowest BCUT2D eigenvalue weighted by Crippen LogP contribution is -2.38. The number of nitrogens with zero attached hydrogens (tertiary/aromatic N) is 2. The topological polar surface area (TPSA) is 101 Å². The first-order valence-corrected chi connectivity index (χ1v) is 14.9. The number of aromatic nitrogens is 2. The molecule has 0 amide bonds. The van der Waals surface area contributed by atoms with Crippen molar-refractivity contribution in [3.8, 4) is 17.4 Å². The zero-order valence-electron chi connectivity index (χ0n) is 25.6. The number of aliphatic hydroxyl groups excluding tert-OH is 1. The van der Waals surface area contributed by atoms with E-state index in [2.05, 4.69) is 11.9 Å². The number of methoxy groups -OCH3 is 2. The van der Waals surface area contributed by atoms with Crippen LogP contribution in [-0.2, 0) is 15.1 Å². The Balaban J connectivity index is 1.46. The van der Waals surface area contributed by atoms with Gasteiger partial charge in [-0.2, -0.15) is 4.98 Å². The van der Waals surface area contributed by atoms with Crippen molar-refractivity contribution >= 4 is 0 Å². The second-order valence-corrected chi connectivity index (χ2v) is 10.9. The van der Waals surface area contributed by atoms with E-state index in [1.54, 1.807) is 20.4 Å². The Labute approximate surface area is 258 Å². The highest BCUT2D eigenvalue weighted by Gasteiger charge is 2.42. The number of hydrogen-bond donors (Lipinski definition) is 1. The van der Waals surface area contributed by atoms with E-state index >= 15 is 0 Å². The molecule has 1 aromatic heterocycles. The Morgan fingerprint density at radius 2 is 1.52 bits per heavy atom. The number of hydrogen-bond acceptors (Lipinski definition) is 8. The summed E-state index contributed by atoms with van der Waals surface area (Å²) in [5, 5.41) is 11.1. The van der Waals surface area contributed by atoms with Crippen LogP contribution in [0.3, 0.4) is 0 Å². The number of aryl methyl sites for hydroxylation is 1. The Hall–Kier alpha value is -4.18. The monoisotopic (exact) mass is 600 g/mol. The molecular weight excluding hydrogens is 560 g/mol. The smallest absolute Gasteiger partial charge is 0.352 e. The van der Waals surface area contributed by atoms with Crippen LogP contribution in [-0.4, -0.2) is 54.3 Å². The van der Waals surface area contributed by atoms with E-state index in [9.17, 15) is 9.90 Å². The molecule has 1 fully saturated rings. The van der Waals surface area contributed by atoms with Crippen LogP contribution in [0.1, 0.15) is 54.7 Å². The Morgan fingerprint density at radius 3 is 2.09 bits per heavy atom. The average molecular weight is 601 g/mol. The van der Waals surface area contributed by atoms with Gasteiger partial charge in [0.15, 0.2) is 0 Å². The third kappa shape index (κ3) is 6.50. The van der Waals surface area contributed by atoms with E-state index < -0.39 is 29.7 Å². The summed E-state index contributed by atoms with van der Waals surface area (Å²) in [4.78, 5) is 17.1. The van der Waals surface area contributed by atoms with Crippen LogP contribution < -0.4 is 19.9 Å². The summed E-state index contributed by atoms with van der Waals surface area (Å²) in [6.07, 6.45) is 1.49. The van der Waals surface area contributed by atoms with Crippen LogP contribution in [0.2, 0.25) is 0 Å². The molecule has 44 heavy (non-hydrogen) atoms.